The molecule has 0 amide bonds. The van der Waals surface area contributed by atoms with Crippen LogP contribution >= 0.6 is 0 Å². The largest absolute Gasteiger partial charge is 0.409 e. The van der Waals surface area contributed by atoms with E-state index < -0.39 is 0 Å². The first kappa shape index (κ1) is 14.7. The Hall–Kier alpha value is -2.69. The summed E-state index contributed by atoms with van der Waals surface area (Å²) in [6, 6.07) is 15.7. The van der Waals surface area contributed by atoms with E-state index in [0.717, 1.165) is 16.9 Å². The van der Waals surface area contributed by atoms with Gasteiger partial charge in [0.15, 0.2) is 5.84 Å². The molecule has 0 saturated heterocycles. The zero-order valence-corrected chi connectivity index (χ0v) is 12.2. The van der Waals surface area contributed by atoms with Crippen molar-refractivity contribution in [3.8, 4) is 0 Å². The Morgan fingerprint density at radius 1 is 1.14 bits per heavy atom. The van der Waals surface area contributed by atoms with Gasteiger partial charge in [0.1, 0.15) is 0 Å². The SMILES string of the molecule is CN(C)c1ccccc1NCc1ccc(/C(N)=N/O)cc1. The Balaban J connectivity index is 2.07. The number of nitrogens with zero attached hydrogens (tertiary/aromatic N) is 2. The maximum Gasteiger partial charge on any atom is 0.170 e. The minimum atomic E-state index is 0.118. The van der Waals surface area contributed by atoms with Gasteiger partial charge in [-0.3, -0.25) is 0 Å². The highest BCUT2D eigenvalue weighted by molar-refractivity contribution is 5.96. The lowest BCUT2D eigenvalue weighted by molar-refractivity contribution is 0.318. The summed E-state index contributed by atoms with van der Waals surface area (Å²) in [4.78, 5) is 2.07. The van der Waals surface area contributed by atoms with Gasteiger partial charge < -0.3 is 21.2 Å². The van der Waals surface area contributed by atoms with Gasteiger partial charge in [-0.1, -0.05) is 41.6 Å². The second-order valence-corrected chi connectivity index (χ2v) is 4.95. The normalized spacial score (nSPS) is 11.2. The predicted molar refractivity (Wildman–Crippen MR) is 87.0 cm³/mol. The van der Waals surface area contributed by atoms with Crippen molar-refractivity contribution in [2.24, 2.45) is 10.9 Å². The van der Waals surface area contributed by atoms with Crippen molar-refractivity contribution >= 4 is 17.2 Å². The summed E-state index contributed by atoms with van der Waals surface area (Å²) in [6.45, 7) is 0.710. The third-order valence-electron chi connectivity index (χ3n) is 3.23. The molecule has 0 bridgehead atoms. The molecule has 5 heteroatoms. The molecule has 0 aliphatic rings. The van der Waals surface area contributed by atoms with Crippen molar-refractivity contribution in [1.82, 2.24) is 0 Å². The average molecular weight is 284 g/mol. The molecule has 0 spiro atoms. The first-order valence-corrected chi connectivity index (χ1v) is 6.69. The molecule has 2 aromatic carbocycles. The minimum absolute atomic E-state index is 0.118. The summed E-state index contributed by atoms with van der Waals surface area (Å²) in [5.74, 6) is 0.118. The summed E-state index contributed by atoms with van der Waals surface area (Å²) in [6.07, 6.45) is 0. The number of anilines is 2. The number of nitrogens with two attached hydrogens (primary N) is 1. The van der Waals surface area contributed by atoms with Gasteiger partial charge in [-0.25, -0.2) is 0 Å². The fourth-order valence-corrected chi connectivity index (χ4v) is 2.06. The number of oxime groups is 1. The topological polar surface area (TPSA) is 73.9 Å². The van der Waals surface area contributed by atoms with Crippen molar-refractivity contribution in [3.63, 3.8) is 0 Å². The third-order valence-corrected chi connectivity index (χ3v) is 3.23. The van der Waals surface area contributed by atoms with Crippen LogP contribution in [0.5, 0.6) is 0 Å². The van der Waals surface area contributed by atoms with Crippen molar-refractivity contribution in [1.29, 1.82) is 0 Å². The zero-order chi connectivity index (χ0) is 15.2. The predicted octanol–water partition coefficient (Wildman–Crippen LogP) is 2.46. The van der Waals surface area contributed by atoms with Crippen LogP contribution in [-0.4, -0.2) is 25.1 Å². The van der Waals surface area contributed by atoms with Gasteiger partial charge >= 0.3 is 0 Å². The molecule has 0 aliphatic heterocycles. The summed E-state index contributed by atoms with van der Waals surface area (Å²) in [5.41, 5.74) is 9.60. The Morgan fingerprint density at radius 2 is 1.81 bits per heavy atom. The van der Waals surface area contributed by atoms with E-state index in [1.165, 1.54) is 0 Å². The van der Waals surface area contributed by atoms with Crippen LogP contribution in [-0.2, 0) is 6.54 Å². The van der Waals surface area contributed by atoms with Crippen LogP contribution in [0.25, 0.3) is 0 Å². The molecular weight excluding hydrogens is 264 g/mol. The quantitative estimate of drug-likeness (QED) is 0.341. The van der Waals surface area contributed by atoms with E-state index in [-0.39, 0.29) is 5.84 Å². The molecule has 0 saturated carbocycles. The monoisotopic (exact) mass is 284 g/mol. The number of hydrogen-bond acceptors (Lipinski definition) is 4. The minimum Gasteiger partial charge on any atom is -0.409 e. The fourth-order valence-electron chi connectivity index (χ4n) is 2.06. The van der Waals surface area contributed by atoms with Crippen molar-refractivity contribution < 1.29 is 5.21 Å². The van der Waals surface area contributed by atoms with Crippen LogP contribution in [0.15, 0.2) is 53.7 Å². The van der Waals surface area contributed by atoms with Gasteiger partial charge in [0.25, 0.3) is 0 Å². The molecule has 0 aromatic heterocycles. The third kappa shape index (κ3) is 3.66. The van der Waals surface area contributed by atoms with Crippen LogP contribution in [0.2, 0.25) is 0 Å². The Bertz CT molecular complexity index is 620. The maximum absolute atomic E-state index is 8.64. The molecule has 4 N–H and O–H groups in total. The maximum atomic E-state index is 8.64. The number of hydrogen-bond donors (Lipinski definition) is 3. The lowest BCUT2D eigenvalue weighted by Crippen LogP contribution is -2.13. The molecule has 0 aliphatic carbocycles. The standard InChI is InChI=1S/C16H20N4O/c1-20(2)15-6-4-3-5-14(15)18-11-12-7-9-13(10-8-12)16(17)19-21/h3-10,18,21H,11H2,1-2H3,(H2,17,19). The molecule has 2 aromatic rings. The van der Waals surface area contributed by atoms with Gasteiger partial charge in [-0.2, -0.15) is 0 Å². The summed E-state index contributed by atoms with van der Waals surface area (Å²) in [7, 11) is 4.04. The molecule has 2 rings (SSSR count). The molecule has 0 fully saturated rings. The van der Waals surface area contributed by atoms with Crippen LogP contribution in [0.4, 0.5) is 11.4 Å². The molecule has 0 unspecified atom stereocenters. The van der Waals surface area contributed by atoms with Gasteiger partial charge in [0, 0.05) is 26.2 Å². The molecule has 110 valence electrons. The average Bonchev–Trinajstić information content (AvgIpc) is 2.52. The van der Waals surface area contributed by atoms with Gasteiger partial charge in [0.2, 0.25) is 0 Å². The molecule has 0 radical (unpaired) electrons. The molecule has 5 nitrogen and oxygen atoms in total. The van der Waals surface area contributed by atoms with Crippen LogP contribution in [0.1, 0.15) is 11.1 Å². The first-order chi connectivity index (χ1) is 10.1. The number of nitrogens with one attached hydrogen (secondary N) is 1. The Labute approximate surface area is 124 Å². The Morgan fingerprint density at radius 3 is 2.43 bits per heavy atom. The highest BCUT2D eigenvalue weighted by Crippen LogP contribution is 2.23. The van der Waals surface area contributed by atoms with Crippen molar-refractivity contribution in [3.05, 3.63) is 59.7 Å². The summed E-state index contributed by atoms with van der Waals surface area (Å²) >= 11 is 0. The van der Waals surface area contributed by atoms with E-state index in [9.17, 15) is 0 Å². The van der Waals surface area contributed by atoms with Crippen molar-refractivity contribution in [2.45, 2.75) is 6.54 Å². The fraction of sp³-hybridized carbons (Fsp3) is 0.188. The highest BCUT2D eigenvalue weighted by atomic mass is 16.4. The number of rotatable bonds is 5. The van der Waals surface area contributed by atoms with Crippen LogP contribution in [0.3, 0.4) is 0 Å². The number of benzene rings is 2. The molecule has 0 heterocycles. The van der Waals surface area contributed by atoms with Gasteiger partial charge in [-0.15, -0.1) is 0 Å². The van der Waals surface area contributed by atoms with Gasteiger partial charge in [-0.05, 0) is 17.7 Å². The Kier molecular flexibility index (Phi) is 4.66. The van der Waals surface area contributed by atoms with E-state index in [4.69, 9.17) is 10.9 Å². The number of para-hydroxylation sites is 2. The summed E-state index contributed by atoms with van der Waals surface area (Å²) < 4.78 is 0. The first-order valence-electron chi connectivity index (χ1n) is 6.69. The van der Waals surface area contributed by atoms with E-state index >= 15 is 0 Å². The van der Waals surface area contributed by atoms with E-state index in [0.29, 0.717) is 12.1 Å². The second kappa shape index (κ2) is 6.65. The van der Waals surface area contributed by atoms with Crippen molar-refractivity contribution in [2.75, 3.05) is 24.3 Å². The van der Waals surface area contributed by atoms with Gasteiger partial charge in [0.05, 0.1) is 11.4 Å². The second-order valence-electron chi connectivity index (χ2n) is 4.95. The lowest BCUT2D eigenvalue weighted by Gasteiger charge is -2.18. The van der Waals surface area contributed by atoms with E-state index in [1.54, 1.807) is 0 Å². The number of amidine groups is 1. The lowest BCUT2D eigenvalue weighted by atomic mass is 10.1. The van der Waals surface area contributed by atoms with E-state index in [1.807, 2.05) is 50.5 Å². The highest BCUT2D eigenvalue weighted by Gasteiger charge is 2.03. The molecule has 21 heavy (non-hydrogen) atoms. The molecule has 0 atom stereocenters. The van der Waals surface area contributed by atoms with Crippen LogP contribution < -0.4 is 16.0 Å². The zero-order valence-electron chi connectivity index (χ0n) is 12.2. The smallest absolute Gasteiger partial charge is 0.170 e. The van der Waals surface area contributed by atoms with Crippen LogP contribution in [0, 0.1) is 0 Å². The summed E-state index contributed by atoms with van der Waals surface area (Å²) in [5, 5.41) is 15.0. The van der Waals surface area contributed by atoms with E-state index in [2.05, 4.69) is 27.5 Å². The molecular formula is C16H20N4O.